The molecule has 2 bridgehead atoms. The number of carbonyl (C=O) groups excluding carboxylic acids is 2. The maximum atomic E-state index is 13.7. The normalized spacial score (nSPS) is 23.9. The Morgan fingerprint density at radius 3 is 1.69 bits per heavy atom. The molecule has 5 nitrogen and oxygen atoms in total. The van der Waals surface area contributed by atoms with Crippen molar-refractivity contribution in [3.8, 4) is 11.5 Å². The smallest absolute Gasteiger partial charge is 0.238 e. The number of rotatable bonds is 5. The zero-order valence-corrected chi connectivity index (χ0v) is 21.4. The van der Waals surface area contributed by atoms with Gasteiger partial charge in [-0.3, -0.25) is 9.59 Å². The van der Waals surface area contributed by atoms with Gasteiger partial charge >= 0.3 is 0 Å². The number of anilines is 1. The number of hydrogen-bond acceptors (Lipinski definition) is 4. The standard InChI is InChI=1S/C30H24BrNO4/c1-35-21-10-6-17(7-11-21)25(18-8-12-22(36-2)13-9-18)26-23-14-15-24(26)28-27(23)29(33)32(30(28)34)20-5-3-4-19(31)16-20/h3-16,23-24,27-28H,1-2H3. The molecule has 3 aliphatic rings. The van der Waals surface area contributed by atoms with Crippen LogP contribution in [0.1, 0.15) is 11.1 Å². The lowest BCUT2D eigenvalue weighted by Gasteiger charge is -2.22. The van der Waals surface area contributed by atoms with Crippen LogP contribution in [0.25, 0.3) is 5.57 Å². The molecule has 0 aromatic heterocycles. The topological polar surface area (TPSA) is 55.8 Å². The lowest BCUT2D eigenvalue weighted by Crippen LogP contribution is -2.33. The Morgan fingerprint density at radius 1 is 0.750 bits per heavy atom. The van der Waals surface area contributed by atoms with Gasteiger partial charge in [-0.05, 0) is 64.7 Å². The van der Waals surface area contributed by atoms with Crippen LogP contribution in [0.4, 0.5) is 5.69 Å². The highest BCUT2D eigenvalue weighted by molar-refractivity contribution is 9.10. The maximum absolute atomic E-state index is 13.7. The number of nitrogens with zero attached hydrogens (tertiary/aromatic N) is 1. The molecule has 3 aromatic carbocycles. The van der Waals surface area contributed by atoms with Crippen LogP contribution in [0.2, 0.25) is 0 Å². The number of ether oxygens (including phenoxy) is 2. The highest BCUT2D eigenvalue weighted by atomic mass is 79.9. The molecular formula is C30H24BrNO4. The second-order valence-electron chi connectivity index (χ2n) is 9.27. The summed E-state index contributed by atoms with van der Waals surface area (Å²) in [7, 11) is 3.29. The van der Waals surface area contributed by atoms with Crippen LogP contribution >= 0.6 is 15.9 Å². The largest absolute Gasteiger partial charge is 0.497 e. The molecule has 180 valence electrons. The minimum atomic E-state index is -0.395. The summed E-state index contributed by atoms with van der Waals surface area (Å²) in [6.45, 7) is 0. The molecular weight excluding hydrogens is 518 g/mol. The molecule has 36 heavy (non-hydrogen) atoms. The molecule has 2 amide bonds. The van der Waals surface area contributed by atoms with E-state index >= 15 is 0 Å². The predicted octanol–water partition coefficient (Wildman–Crippen LogP) is 5.89. The Kier molecular flexibility index (Phi) is 5.56. The number of fused-ring (bicyclic) bond motifs is 5. The molecule has 4 unspecified atom stereocenters. The summed E-state index contributed by atoms with van der Waals surface area (Å²) in [5.41, 5.74) is 4.86. The van der Waals surface area contributed by atoms with E-state index in [0.717, 1.165) is 38.2 Å². The second kappa shape index (κ2) is 8.79. The minimum Gasteiger partial charge on any atom is -0.497 e. The lowest BCUT2D eigenvalue weighted by atomic mass is 9.85. The van der Waals surface area contributed by atoms with Crippen LogP contribution < -0.4 is 14.4 Å². The summed E-state index contributed by atoms with van der Waals surface area (Å²) in [6.07, 6.45) is 4.23. The molecule has 4 atom stereocenters. The number of methoxy groups -OCH3 is 2. The van der Waals surface area contributed by atoms with Gasteiger partial charge in [0.05, 0.1) is 31.7 Å². The number of halogens is 1. The van der Waals surface area contributed by atoms with E-state index in [1.807, 2.05) is 72.8 Å². The summed E-state index contributed by atoms with van der Waals surface area (Å²) in [6, 6.07) is 23.3. The first-order valence-corrected chi connectivity index (χ1v) is 12.7. The molecule has 1 aliphatic heterocycles. The Morgan fingerprint density at radius 2 is 1.25 bits per heavy atom. The van der Waals surface area contributed by atoms with Gasteiger partial charge in [0, 0.05) is 16.3 Å². The van der Waals surface area contributed by atoms with Crippen LogP contribution in [-0.4, -0.2) is 26.0 Å². The van der Waals surface area contributed by atoms with E-state index in [0.29, 0.717) is 5.69 Å². The van der Waals surface area contributed by atoms with Gasteiger partial charge in [0.15, 0.2) is 0 Å². The third kappa shape index (κ3) is 3.43. The van der Waals surface area contributed by atoms with E-state index in [4.69, 9.17) is 9.47 Å². The van der Waals surface area contributed by atoms with E-state index in [2.05, 4.69) is 28.1 Å². The van der Waals surface area contributed by atoms with Crippen molar-refractivity contribution in [2.75, 3.05) is 19.1 Å². The third-order valence-corrected chi connectivity index (χ3v) is 8.02. The van der Waals surface area contributed by atoms with Crippen molar-refractivity contribution in [3.05, 3.63) is 106 Å². The molecule has 2 fully saturated rings. The number of carbonyl (C=O) groups is 2. The second-order valence-corrected chi connectivity index (χ2v) is 10.2. The molecule has 0 radical (unpaired) electrons. The van der Waals surface area contributed by atoms with Crippen molar-refractivity contribution in [2.45, 2.75) is 0 Å². The van der Waals surface area contributed by atoms with Crippen molar-refractivity contribution in [2.24, 2.45) is 23.7 Å². The monoisotopic (exact) mass is 541 g/mol. The Hall–Kier alpha value is -3.64. The lowest BCUT2D eigenvalue weighted by molar-refractivity contribution is -0.122. The molecule has 6 rings (SSSR count). The molecule has 6 heteroatoms. The van der Waals surface area contributed by atoms with Gasteiger partial charge in [-0.1, -0.05) is 58.4 Å². The predicted molar refractivity (Wildman–Crippen MR) is 142 cm³/mol. The van der Waals surface area contributed by atoms with Crippen molar-refractivity contribution >= 4 is 39.0 Å². The summed E-state index contributed by atoms with van der Waals surface area (Å²) >= 11 is 3.46. The van der Waals surface area contributed by atoms with Gasteiger partial charge in [-0.2, -0.15) is 0 Å². The molecule has 1 heterocycles. The van der Waals surface area contributed by atoms with Crippen molar-refractivity contribution in [3.63, 3.8) is 0 Å². The summed E-state index contributed by atoms with van der Waals surface area (Å²) in [4.78, 5) is 28.8. The maximum Gasteiger partial charge on any atom is 0.238 e. The Labute approximate surface area is 218 Å². The van der Waals surface area contributed by atoms with Crippen LogP contribution in [0.15, 0.2) is 95.0 Å². The number of hydrogen-bond donors (Lipinski definition) is 0. The number of benzene rings is 3. The number of amides is 2. The Balaban J connectivity index is 1.48. The van der Waals surface area contributed by atoms with E-state index in [1.165, 1.54) is 4.90 Å². The zero-order valence-electron chi connectivity index (χ0n) is 19.9. The first kappa shape index (κ1) is 22.8. The molecule has 1 saturated heterocycles. The average Bonchev–Trinajstić information content (AvgIpc) is 3.54. The first-order chi connectivity index (χ1) is 17.5. The van der Waals surface area contributed by atoms with Gasteiger partial charge in [0.25, 0.3) is 0 Å². The third-order valence-electron chi connectivity index (χ3n) is 7.53. The fraction of sp³-hybridized carbons (Fsp3) is 0.200. The highest BCUT2D eigenvalue weighted by Crippen LogP contribution is 2.59. The van der Waals surface area contributed by atoms with E-state index in [1.54, 1.807) is 14.2 Å². The van der Waals surface area contributed by atoms with Crippen LogP contribution in [0.3, 0.4) is 0 Å². The van der Waals surface area contributed by atoms with Gasteiger partial charge in [-0.25, -0.2) is 4.90 Å². The van der Waals surface area contributed by atoms with E-state index in [-0.39, 0.29) is 23.7 Å². The van der Waals surface area contributed by atoms with Crippen LogP contribution in [0.5, 0.6) is 11.5 Å². The SMILES string of the molecule is COc1ccc(C(=C2C3C=CC2C2C(=O)N(c4cccc(Br)c4)C(=O)C32)c2ccc(OC)cc2)cc1. The summed E-state index contributed by atoms with van der Waals surface area (Å²) < 4.78 is 11.6. The van der Waals surface area contributed by atoms with E-state index in [9.17, 15) is 9.59 Å². The number of allylic oxidation sites excluding steroid dienone is 3. The number of imide groups is 1. The molecule has 0 spiro atoms. The van der Waals surface area contributed by atoms with Gasteiger partial charge < -0.3 is 9.47 Å². The average molecular weight is 542 g/mol. The minimum absolute atomic E-state index is 0.124. The first-order valence-electron chi connectivity index (χ1n) is 11.9. The van der Waals surface area contributed by atoms with Crippen molar-refractivity contribution in [1.82, 2.24) is 0 Å². The molecule has 0 N–H and O–H groups in total. The summed E-state index contributed by atoms with van der Waals surface area (Å²) in [5, 5.41) is 0. The van der Waals surface area contributed by atoms with Crippen molar-refractivity contribution in [1.29, 1.82) is 0 Å². The Bertz CT molecular complexity index is 1340. The van der Waals surface area contributed by atoms with Crippen LogP contribution in [0, 0.1) is 23.7 Å². The van der Waals surface area contributed by atoms with Crippen LogP contribution in [-0.2, 0) is 9.59 Å². The van der Waals surface area contributed by atoms with Gasteiger partial charge in [0.1, 0.15) is 11.5 Å². The quantitative estimate of drug-likeness (QED) is 0.298. The highest BCUT2D eigenvalue weighted by Gasteiger charge is 2.62. The fourth-order valence-electron chi connectivity index (χ4n) is 5.98. The molecule has 3 aromatic rings. The van der Waals surface area contributed by atoms with Gasteiger partial charge in [-0.15, -0.1) is 0 Å². The fourth-order valence-corrected chi connectivity index (χ4v) is 6.37. The van der Waals surface area contributed by atoms with Crippen molar-refractivity contribution < 1.29 is 19.1 Å². The van der Waals surface area contributed by atoms with E-state index < -0.39 is 11.8 Å². The molecule has 2 aliphatic carbocycles. The molecule has 1 saturated carbocycles. The zero-order chi connectivity index (χ0) is 25.0. The summed E-state index contributed by atoms with van der Waals surface area (Å²) in [5.74, 6) is 0.249. The van der Waals surface area contributed by atoms with Gasteiger partial charge in [0.2, 0.25) is 11.8 Å².